The summed E-state index contributed by atoms with van der Waals surface area (Å²) in [7, 11) is 0. The Balaban J connectivity index is 1.24. The summed E-state index contributed by atoms with van der Waals surface area (Å²) in [5, 5.41) is 4.35. The van der Waals surface area contributed by atoms with Crippen molar-refractivity contribution in [2.24, 2.45) is 0 Å². The third kappa shape index (κ3) is 3.49. The first kappa shape index (κ1) is 17.3. The minimum absolute atomic E-state index is 0.463. The van der Waals surface area contributed by atoms with E-state index in [1.54, 1.807) is 6.33 Å². The van der Waals surface area contributed by atoms with Crippen molar-refractivity contribution in [3.05, 3.63) is 88.7 Å². The fourth-order valence-corrected chi connectivity index (χ4v) is 4.04. The molecule has 0 spiro atoms. The van der Waals surface area contributed by atoms with Crippen LogP contribution in [0.3, 0.4) is 0 Å². The highest BCUT2D eigenvalue weighted by atomic mass is 35.5. The number of halogens is 1. The van der Waals surface area contributed by atoms with E-state index in [0.29, 0.717) is 11.1 Å². The molecule has 0 saturated heterocycles. The van der Waals surface area contributed by atoms with Crippen LogP contribution in [-0.4, -0.2) is 16.0 Å². The topological polar surface area (TPSA) is 49.9 Å². The predicted molar refractivity (Wildman–Crippen MR) is 112 cm³/mol. The molecular weight excluding hydrogens is 370 g/mol. The second-order valence-corrected chi connectivity index (χ2v) is 7.60. The van der Waals surface area contributed by atoms with Crippen LogP contribution in [-0.2, 0) is 19.4 Å². The predicted octanol–water partition coefficient (Wildman–Crippen LogP) is 5.27. The lowest BCUT2D eigenvalue weighted by Crippen LogP contribution is -2.29. The molecule has 0 radical (unpaired) electrons. The lowest BCUT2D eigenvalue weighted by atomic mass is 10.1. The highest BCUT2D eigenvalue weighted by Gasteiger charge is 2.20. The molecule has 0 unspecified atom stereocenters. The summed E-state index contributed by atoms with van der Waals surface area (Å²) in [5.41, 5.74) is 5.84. The van der Waals surface area contributed by atoms with Gasteiger partial charge in [-0.3, -0.25) is 0 Å². The summed E-state index contributed by atoms with van der Waals surface area (Å²) in [5.74, 6) is 1.48. The van der Waals surface area contributed by atoms with Crippen LogP contribution in [0.4, 0.5) is 0 Å². The Kier molecular flexibility index (Phi) is 4.51. The smallest absolute Gasteiger partial charge is 0.129 e. The quantitative estimate of drug-likeness (QED) is 0.489. The van der Waals surface area contributed by atoms with Gasteiger partial charge in [-0.1, -0.05) is 41.9 Å². The maximum absolute atomic E-state index is 6.51. The molecule has 1 aliphatic rings. The number of ether oxygens (including phenoxy) is 1. The Morgan fingerprint density at radius 1 is 1.00 bits per heavy atom. The fraction of sp³-hybridized carbons (Fsp3) is 0.174. The van der Waals surface area contributed by atoms with Gasteiger partial charge in [0.2, 0.25) is 0 Å². The first-order valence-corrected chi connectivity index (χ1v) is 9.82. The fourth-order valence-electron chi connectivity index (χ4n) is 3.81. The van der Waals surface area contributed by atoms with E-state index >= 15 is 0 Å². The molecule has 1 heterocycles. The van der Waals surface area contributed by atoms with Crippen molar-refractivity contribution in [3.63, 3.8) is 0 Å². The standard InChI is InChI=1S/C23H20ClN3O/c24-21-11-19(28-20-7-8-22-23(12-20)27-14-26-22)6-5-17(21)13-25-18-9-15-3-1-2-4-16(15)10-18/h1-8,11-12,14,18,25H,9-10,13H2,(H,26,27). The number of hydrogen-bond donors (Lipinski definition) is 2. The van der Waals surface area contributed by atoms with Gasteiger partial charge in [0.05, 0.1) is 17.4 Å². The van der Waals surface area contributed by atoms with Gasteiger partial charge in [0.15, 0.2) is 0 Å². The molecule has 28 heavy (non-hydrogen) atoms. The van der Waals surface area contributed by atoms with E-state index in [1.165, 1.54) is 11.1 Å². The number of hydrogen-bond acceptors (Lipinski definition) is 3. The molecule has 2 N–H and O–H groups in total. The van der Waals surface area contributed by atoms with Crippen molar-refractivity contribution in [1.82, 2.24) is 15.3 Å². The summed E-state index contributed by atoms with van der Waals surface area (Å²) >= 11 is 6.51. The third-order valence-electron chi connectivity index (χ3n) is 5.28. The van der Waals surface area contributed by atoms with E-state index in [4.69, 9.17) is 16.3 Å². The van der Waals surface area contributed by atoms with E-state index in [0.717, 1.165) is 47.5 Å². The average molecular weight is 390 g/mol. The van der Waals surface area contributed by atoms with Crippen molar-refractivity contribution >= 4 is 22.6 Å². The van der Waals surface area contributed by atoms with Crippen LogP contribution >= 0.6 is 11.6 Å². The van der Waals surface area contributed by atoms with Gasteiger partial charge in [0.25, 0.3) is 0 Å². The Morgan fingerprint density at radius 2 is 1.75 bits per heavy atom. The first-order chi connectivity index (χ1) is 13.7. The summed E-state index contributed by atoms with van der Waals surface area (Å²) in [4.78, 5) is 7.31. The minimum Gasteiger partial charge on any atom is -0.457 e. The lowest BCUT2D eigenvalue weighted by Gasteiger charge is -2.14. The van der Waals surface area contributed by atoms with Crippen molar-refractivity contribution in [1.29, 1.82) is 0 Å². The van der Waals surface area contributed by atoms with Gasteiger partial charge >= 0.3 is 0 Å². The van der Waals surface area contributed by atoms with Gasteiger partial charge in [-0.25, -0.2) is 4.98 Å². The van der Waals surface area contributed by atoms with E-state index in [-0.39, 0.29) is 0 Å². The first-order valence-electron chi connectivity index (χ1n) is 9.44. The Bertz CT molecular complexity index is 1110. The van der Waals surface area contributed by atoms with E-state index < -0.39 is 0 Å². The number of rotatable bonds is 5. The Hall–Kier alpha value is -2.82. The number of imidazole rings is 1. The summed E-state index contributed by atoms with van der Waals surface area (Å²) in [6.45, 7) is 0.748. The van der Waals surface area contributed by atoms with Gasteiger partial charge in [0, 0.05) is 23.7 Å². The van der Waals surface area contributed by atoms with Crippen LogP contribution in [0.15, 0.2) is 67.0 Å². The molecule has 5 rings (SSSR count). The molecule has 0 amide bonds. The van der Waals surface area contributed by atoms with Crippen LogP contribution in [0.5, 0.6) is 11.5 Å². The van der Waals surface area contributed by atoms with Crippen molar-refractivity contribution in [3.8, 4) is 11.5 Å². The molecule has 4 aromatic rings. The maximum atomic E-state index is 6.51. The molecule has 0 aliphatic heterocycles. The second-order valence-electron chi connectivity index (χ2n) is 7.19. The maximum Gasteiger partial charge on any atom is 0.129 e. The zero-order valence-electron chi connectivity index (χ0n) is 15.3. The normalized spacial score (nSPS) is 13.8. The number of benzene rings is 3. The molecule has 0 saturated carbocycles. The van der Waals surface area contributed by atoms with Crippen LogP contribution < -0.4 is 10.1 Å². The SMILES string of the molecule is Clc1cc(Oc2ccc3nc[nH]c3c2)ccc1CNC1Cc2ccccc2C1. The van der Waals surface area contributed by atoms with E-state index in [1.807, 2.05) is 36.4 Å². The molecule has 1 aromatic heterocycles. The van der Waals surface area contributed by atoms with Gasteiger partial charge in [0.1, 0.15) is 11.5 Å². The largest absolute Gasteiger partial charge is 0.457 e. The van der Waals surface area contributed by atoms with Crippen LogP contribution in [0.25, 0.3) is 11.0 Å². The van der Waals surface area contributed by atoms with Gasteiger partial charge < -0.3 is 15.0 Å². The molecule has 140 valence electrons. The molecule has 4 nitrogen and oxygen atoms in total. The Labute approximate surface area is 168 Å². The van der Waals surface area contributed by atoms with Gasteiger partial charge in [-0.05, 0) is 53.8 Å². The van der Waals surface area contributed by atoms with E-state index in [9.17, 15) is 0 Å². The molecule has 1 aliphatic carbocycles. The minimum atomic E-state index is 0.463. The van der Waals surface area contributed by atoms with Crippen molar-refractivity contribution in [2.45, 2.75) is 25.4 Å². The molecule has 3 aromatic carbocycles. The monoisotopic (exact) mass is 389 g/mol. The van der Waals surface area contributed by atoms with Crippen LogP contribution in [0.2, 0.25) is 5.02 Å². The number of nitrogens with one attached hydrogen (secondary N) is 2. The lowest BCUT2D eigenvalue weighted by molar-refractivity contribution is 0.482. The average Bonchev–Trinajstić information content (AvgIpc) is 3.33. The van der Waals surface area contributed by atoms with E-state index in [2.05, 4.69) is 39.6 Å². The van der Waals surface area contributed by atoms with Crippen LogP contribution in [0.1, 0.15) is 16.7 Å². The number of nitrogens with zero attached hydrogens (tertiary/aromatic N) is 1. The van der Waals surface area contributed by atoms with Crippen LogP contribution in [0, 0.1) is 0 Å². The molecule has 5 heteroatoms. The summed E-state index contributed by atoms with van der Waals surface area (Å²) in [6, 6.07) is 20.8. The summed E-state index contributed by atoms with van der Waals surface area (Å²) in [6.07, 6.45) is 3.83. The van der Waals surface area contributed by atoms with Gasteiger partial charge in [-0.2, -0.15) is 0 Å². The van der Waals surface area contributed by atoms with Gasteiger partial charge in [-0.15, -0.1) is 0 Å². The second kappa shape index (κ2) is 7.30. The number of aromatic amines is 1. The van der Waals surface area contributed by atoms with Crippen molar-refractivity contribution in [2.75, 3.05) is 0 Å². The highest BCUT2D eigenvalue weighted by Crippen LogP contribution is 2.29. The molecule has 0 bridgehead atoms. The zero-order valence-corrected chi connectivity index (χ0v) is 16.0. The number of H-pyrrole nitrogens is 1. The van der Waals surface area contributed by atoms with Crippen molar-refractivity contribution < 1.29 is 4.74 Å². The Morgan fingerprint density at radius 3 is 2.54 bits per heavy atom. The molecule has 0 atom stereocenters. The molecular formula is C23H20ClN3O. The third-order valence-corrected chi connectivity index (χ3v) is 5.64. The number of aromatic nitrogens is 2. The zero-order chi connectivity index (χ0) is 18.9. The highest BCUT2D eigenvalue weighted by molar-refractivity contribution is 6.31. The molecule has 0 fully saturated rings. The summed E-state index contributed by atoms with van der Waals surface area (Å²) < 4.78 is 5.96. The number of fused-ring (bicyclic) bond motifs is 2.